The van der Waals surface area contributed by atoms with E-state index in [0.717, 1.165) is 31.1 Å². The van der Waals surface area contributed by atoms with Crippen LogP contribution in [0.3, 0.4) is 0 Å². The molecule has 2 heterocycles. The van der Waals surface area contributed by atoms with Gasteiger partial charge in [-0.2, -0.15) is 0 Å². The van der Waals surface area contributed by atoms with Crippen LogP contribution in [0.25, 0.3) is 0 Å². The van der Waals surface area contributed by atoms with Crippen LogP contribution in [0.15, 0.2) is 24.3 Å². The molecule has 2 saturated heterocycles. The summed E-state index contributed by atoms with van der Waals surface area (Å²) in [6.45, 7) is 5.72. The molecule has 0 spiro atoms. The van der Waals surface area contributed by atoms with Gasteiger partial charge in [0.25, 0.3) is 5.91 Å². The molecule has 0 bridgehead atoms. The van der Waals surface area contributed by atoms with Gasteiger partial charge in [0.1, 0.15) is 5.75 Å². The number of methoxy groups -OCH3 is 1. The molecule has 1 aromatic carbocycles. The number of hydrogen-bond donors (Lipinski definition) is 2. The molecular formula is C20H31N3O4. The van der Waals surface area contributed by atoms with Crippen molar-refractivity contribution in [3.05, 3.63) is 24.3 Å². The summed E-state index contributed by atoms with van der Waals surface area (Å²) < 4.78 is 10.9. The highest BCUT2D eigenvalue weighted by molar-refractivity contribution is 5.84. The van der Waals surface area contributed by atoms with Gasteiger partial charge in [0.2, 0.25) is 0 Å². The number of carbonyl (C=O) groups excluding carboxylic acids is 1. The molecule has 7 nitrogen and oxygen atoms in total. The van der Waals surface area contributed by atoms with Crippen LogP contribution in [0.1, 0.15) is 19.8 Å². The molecule has 2 N–H and O–H groups in total. The van der Waals surface area contributed by atoms with Crippen LogP contribution in [0.5, 0.6) is 5.75 Å². The van der Waals surface area contributed by atoms with Crippen molar-refractivity contribution >= 4 is 11.6 Å². The van der Waals surface area contributed by atoms with Crippen LogP contribution in [-0.2, 0) is 9.53 Å². The topological polar surface area (TPSA) is 74.3 Å². The number of aliphatic hydroxyl groups is 1. The maximum Gasteiger partial charge on any atom is 0.253 e. The lowest BCUT2D eigenvalue weighted by atomic mass is 9.89. The number of anilines is 1. The highest BCUT2D eigenvalue weighted by atomic mass is 16.5. The number of rotatable bonds is 5. The first-order chi connectivity index (χ1) is 12.9. The van der Waals surface area contributed by atoms with E-state index in [2.05, 4.69) is 27.2 Å². The van der Waals surface area contributed by atoms with Gasteiger partial charge in [-0.15, -0.1) is 0 Å². The Morgan fingerprint density at radius 1 is 1.26 bits per heavy atom. The van der Waals surface area contributed by atoms with Crippen molar-refractivity contribution in [1.82, 2.24) is 10.2 Å². The highest BCUT2D eigenvalue weighted by Gasteiger charge is 2.42. The quantitative estimate of drug-likeness (QED) is 0.793. The smallest absolute Gasteiger partial charge is 0.253 e. The highest BCUT2D eigenvalue weighted by Crippen LogP contribution is 2.29. The van der Waals surface area contributed by atoms with E-state index in [1.54, 1.807) is 14.2 Å². The summed E-state index contributed by atoms with van der Waals surface area (Å²) in [4.78, 5) is 16.6. The first kappa shape index (κ1) is 19.9. The Morgan fingerprint density at radius 3 is 2.52 bits per heavy atom. The van der Waals surface area contributed by atoms with E-state index in [9.17, 15) is 9.90 Å². The van der Waals surface area contributed by atoms with Gasteiger partial charge in [-0.3, -0.25) is 9.69 Å². The number of morpholine rings is 1. The number of hydrogen-bond acceptors (Lipinski definition) is 6. The maximum atomic E-state index is 12.1. The van der Waals surface area contributed by atoms with Crippen molar-refractivity contribution in [2.45, 2.75) is 31.0 Å². The van der Waals surface area contributed by atoms with E-state index < -0.39 is 11.2 Å². The Hall–Kier alpha value is -1.83. The number of β-amino-alcohol motifs (C(OH)–C–C–N with tert-alkyl or cyclic N) is 1. The number of amides is 1. The number of carbonyl (C=O) groups is 1. The zero-order valence-corrected chi connectivity index (χ0v) is 16.5. The third-order valence-corrected chi connectivity index (χ3v) is 5.71. The van der Waals surface area contributed by atoms with Gasteiger partial charge in [-0.05, 0) is 44.0 Å². The standard InChI is InChI=1S/C20H31N3O4/c1-19(18(24)21-2)14-22(12-13-27-19)15-20(25)8-10-23(11-9-20)16-4-6-17(26-3)7-5-16/h4-7,25H,8-15H2,1-3H3,(H,21,24)/t19-/m1/s1. The van der Waals surface area contributed by atoms with E-state index in [1.807, 2.05) is 19.1 Å². The fraction of sp³-hybridized carbons (Fsp3) is 0.650. The van der Waals surface area contributed by atoms with Crippen molar-refractivity contribution in [3.8, 4) is 5.75 Å². The van der Waals surface area contributed by atoms with Gasteiger partial charge >= 0.3 is 0 Å². The Labute approximate surface area is 161 Å². The van der Waals surface area contributed by atoms with Gasteiger partial charge in [-0.1, -0.05) is 0 Å². The summed E-state index contributed by atoms with van der Waals surface area (Å²) in [5.41, 5.74) is -0.437. The van der Waals surface area contributed by atoms with E-state index in [0.29, 0.717) is 32.5 Å². The molecule has 1 atom stereocenters. The zero-order chi connectivity index (χ0) is 19.5. The first-order valence-electron chi connectivity index (χ1n) is 9.57. The van der Waals surface area contributed by atoms with Gasteiger partial charge in [-0.25, -0.2) is 0 Å². The van der Waals surface area contributed by atoms with Crippen LogP contribution >= 0.6 is 0 Å². The molecule has 2 aliphatic heterocycles. The number of likely N-dealkylation sites (N-methyl/N-ethyl adjacent to an activating group) is 1. The number of piperidine rings is 1. The van der Waals surface area contributed by atoms with Crippen LogP contribution < -0.4 is 15.0 Å². The summed E-state index contributed by atoms with van der Waals surface area (Å²) >= 11 is 0. The fourth-order valence-corrected chi connectivity index (χ4v) is 4.04. The number of nitrogens with one attached hydrogen (secondary N) is 1. The Balaban J connectivity index is 1.56. The molecule has 0 radical (unpaired) electrons. The molecule has 7 heteroatoms. The molecular weight excluding hydrogens is 346 g/mol. The second-order valence-electron chi connectivity index (χ2n) is 7.78. The summed E-state index contributed by atoms with van der Waals surface area (Å²) in [6, 6.07) is 8.03. The SMILES string of the molecule is CNC(=O)[C@@]1(C)CN(CC2(O)CCN(c3ccc(OC)cc3)CC2)CCO1. The lowest BCUT2D eigenvalue weighted by molar-refractivity contribution is -0.159. The average Bonchev–Trinajstić information content (AvgIpc) is 2.68. The molecule has 2 fully saturated rings. The second-order valence-corrected chi connectivity index (χ2v) is 7.78. The Kier molecular flexibility index (Phi) is 5.93. The van der Waals surface area contributed by atoms with E-state index >= 15 is 0 Å². The first-order valence-corrected chi connectivity index (χ1v) is 9.57. The van der Waals surface area contributed by atoms with Crippen LogP contribution in [0.2, 0.25) is 0 Å². The Morgan fingerprint density at radius 2 is 1.93 bits per heavy atom. The number of benzene rings is 1. The zero-order valence-electron chi connectivity index (χ0n) is 16.5. The third-order valence-electron chi connectivity index (χ3n) is 5.71. The van der Waals surface area contributed by atoms with Crippen LogP contribution in [-0.4, -0.2) is 80.6 Å². The van der Waals surface area contributed by atoms with E-state index in [-0.39, 0.29) is 5.91 Å². The molecule has 0 aromatic heterocycles. The summed E-state index contributed by atoms with van der Waals surface area (Å²) in [5, 5.41) is 13.8. The molecule has 150 valence electrons. The monoisotopic (exact) mass is 377 g/mol. The van der Waals surface area contributed by atoms with E-state index in [1.165, 1.54) is 0 Å². The van der Waals surface area contributed by atoms with Crippen molar-refractivity contribution in [2.75, 3.05) is 58.4 Å². The van der Waals surface area contributed by atoms with Gasteiger partial charge in [0.05, 0.1) is 19.3 Å². The summed E-state index contributed by atoms with van der Waals surface area (Å²) in [6.07, 6.45) is 1.40. The largest absolute Gasteiger partial charge is 0.497 e. The van der Waals surface area contributed by atoms with Crippen molar-refractivity contribution in [2.24, 2.45) is 0 Å². The predicted molar refractivity (Wildman–Crippen MR) is 104 cm³/mol. The molecule has 27 heavy (non-hydrogen) atoms. The fourth-order valence-electron chi connectivity index (χ4n) is 4.04. The Bertz CT molecular complexity index is 643. The third kappa shape index (κ3) is 4.54. The molecule has 0 unspecified atom stereocenters. The minimum Gasteiger partial charge on any atom is -0.497 e. The predicted octanol–water partition coefficient (Wildman–Crippen LogP) is 0.863. The molecule has 2 aliphatic rings. The van der Waals surface area contributed by atoms with E-state index in [4.69, 9.17) is 9.47 Å². The lowest BCUT2D eigenvalue weighted by Gasteiger charge is -2.45. The number of nitrogens with zero attached hydrogens (tertiary/aromatic N) is 2. The van der Waals surface area contributed by atoms with Crippen LogP contribution in [0.4, 0.5) is 5.69 Å². The summed E-state index contributed by atoms with van der Waals surface area (Å²) in [5.74, 6) is 0.729. The number of ether oxygens (including phenoxy) is 2. The normalized spacial score (nSPS) is 25.9. The van der Waals surface area contributed by atoms with Crippen molar-refractivity contribution in [1.29, 1.82) is 0 Å². The molecule has 0 aliphatic carbocycles. The molecule has 0 saturated carbocycles. The lowest BCUT2D eigenvalue weighted by Crippen LogP contribution is -2.61. The van der Waals surface area contributed by atoms with Crippen molar-refractivity contribution < 1.29 is 19.4 Å². The summed E-state index contributed by atoms with van der Waals surface area (Å²) in [7, 11) is 3.29. The molecule has 1 aromatic rings. The van der Waals surface area contributed by atoms with Crippen LogP contribution in [0, 0.1) is 0 Å². The molecule has 1 amide bonds. The van der Waals surface area contributed by atoms with Crippen molar-refractivity contribution in [3.63, 3.8) is 0 Å². The second kappa shape index (κ2) is 8.04. The van der Waals surface area contributed by atoms with Gasteiger partial charge in [0.15, 0.2) is 5.60 Å². The van der Waals surface area contributed by atoms with Gasteiger partial charge in [0, 0.05) is 45.5 Å². The minimum absolute atomic E-state index is 0.117. The molecule has 3 rings (SSSR count). The van der Waals surface area contributed by atoms with Gasteiger partial charge < -0.3 is 24.8 Å². The maximum absolute atomic E-state index is 12.1. The average molecular weight is 377 g/mol. The minimum atomic E-state index is -0.854.